The number of alkyl halides is 2. The average Bonchev–Trinajstić information content (AvgIpc) is 2.81. The van der Waals surface area contributed by atoms with Gasteiger partial charge in [-0.3, -0.25) is 4.79 Å². The Morgan fingerprint density at radius 2 is 1.09 bits per heavy atom. The van der Waals surface area contributed by atoms with E-state index in [4.69, 9.17) is 4.74 Å². The van der Waals surface area contributed by atoms with Crippen molar-refractivity contribution in [2.45, 2.75) is 143 Å². The first-order valence-corrected chi connectivity index (χ1v) is 14.1. The lowest BCUT2D eigenvalue weighted by molar-refractivity contribution is 0.0808. The molecule has 0 spiro atoms. The molecule has 1 aromatic carbocycles. The van der Waals surface area contributed by atoms with Gasteiger partial charge in [0.1, 0.15) is 12.4 Å². The van der Waals surface area contributed by atoms with E-state index in [-0.39, 0.29) is 5.78 Å². The van der Waals surface area contributed by atoms with E-state index in [1.54, 1.807) is 6.92 Å². The van der Waals surface area contributed by atoms with Crippen molar-refractivity contribution < 1.29 is 18.3 Å². The molecule has 0 saturated heterocycles. The van der Waals surface area contributed by atoms with Gasteiger partial charge in [0.05, 0.1) is 0 Å². The van der Waals surface area contributed by atoms with Crippen molar-refractivity contribution in [3.05, 3.63) is 28.8 Å². The standard InChI is InChI=1S/C30H50F2O2/c1-4-6-8-10-12-14-16-18-20-26-22-28(25(3)33)23-27(30(26)34-24-29(31)32)21-19-17-15-13-11-9-7-5-2/h22-23,29H,4-21,24H2,1-3H3. The van der Waals surface area contributed by atoms with Gasteiger partial charge in [-0.05, 0) is 55.9 Å². The third-order valence-corrected chi connectivity index (χ3v) is 6.60. The zero-order valence-electron chi connectivity index (χ0n) is 22.2. The number of carbonyl (C=O) groups is 1. The summed E-state index contributed by atoms with van der Waals surface area (Å²) in [5.74, 6) is 0.631. The maximum Gasteiger partial charge on any atom is 0.272 e. The first-order valence-electron chi connectivity index (χ1n) is 14.1. The van der Waals surface area contributed by atoms with Gasteiger partial charge < -0.3 is 4.74 Å². The number of unbranched alkanes of at least 4 members (excludes halogenated alkanes) is 14. The van der Waals surface area contributed by atoms with Crippen molar-refractivity contribution in [1.29, 1.82) is 0 Å². The number of benzene rings is 1. The summed E-state index contributed by atoms with van der Waals surface area (Å²) in [7, 11) is 0. The molecule has 1 aromatic rings. The van der Waals surface area contributed by atoms with E-state index in [0.29, 0.717) is 11.3 Å². The van der Waals surface area contributed by atoms with Crippen LogP contribution >= 0.6 is 0 Å². The van der Waals surface area contributed by atoms with Crippen LogP contribution in [0, 0.1) is 0 Å². The summed E-state index contributed by atoms with van der Waals surface area (Å²) in [5, 5.41) is 0. The minimum absolute atomic E-state index is 0.0229. The number of rotatable bonds is 22. The molecule has 0 aliphatic carbocycles. The number of hydrogen-bond donors (Lipinski definition) is 0. The first-order chi connectivity index (χ1) is 16.5. The van der Waals surface area contributed by atoms with E-state index in [1.165, 1.54) is 77.0 Å². The summed E-state index contributed by atoms with van der Waals surface area (Å²) in [6.07, 6.45) is 18.6. The predicted molar refractivity (Wildman–Crippen MR) is 141 cm³/mol. The molecule has 0 saturated carbocycles. The SMILES string of the molecule is CCCCCCCCCCc1cc(C(C)=O)cc(CCCCCCCCCC)c1OCC(F)F. The Morgan fingerprint density at radius 3 is 1.44 bits per heavy atom. The molecule has 0 unspecified atom stereocenters. The summed E-state index contributed by atoms with van der Waals surface area (Å²) in [4.78, 5) is 12.2. The molecule has 196 valence electrons. The smallest absolute Gasteiger partial charge is 0.272 e. The van der Waals surface area contributed by atoms with Gasteiger partial charge in [-0.25, -0.2) is 8.78 Å². The number of Topliss-reactive ketones (excluding diaryl/α,β-unsaturated/α-hetero) is 1. The minimum atomic E-state index is -2.50. The van der Waals surface area contributed by atoms with Gasteiger partial charge in [0.15, 0.2) is 5.78 Å². The van der Waals surface area contributed by atoms with Crippen LogP contribution < -0.4 is 4.74 Å². The molecule has 0 heterocycles. The molecule has 0 aliphatic heterocycles. The van der Waals surface area contributed by atoms with Crippen LogP contribution in [0.4, 0.5) is 8.78 Å². The van der Waals surface area contributed by atoms with E-state index in [1.807, 2.05) is 12.1 Å². The highest BCUT2D eigenvalue weighted by atomic mass is 19.3. The van der Waals surface area contributed by atoms with Gasteiger partial charge in [-0.2, -0.15) is 0 Å². The highest BCUT2D eigenvalue weighted by molar-refractivity contribution is 5.94. The normalized spacial score (nSPS) is 11.4. The number of ether oxygens (including phenoxy) is 1. The lowest BCUT2D eigenvalue weighted by atomic mass is 9.94. The van der Waals surface area contributed by atoms with E-state index in [0.717, 1.165) is 49.7 Å². The molecule has 0 atom stereocenters. The summed E-state index contributed by atoms with van der Waals surface area (Å²) >= 11 is 0. The molecule has 0 bridgehead atoms. The third kappa shape index (κ3) is 14.1. The Labute approximate surface area is 208 Å². The predicted octanol–water partition coefficient (Wildman–Crippen LogP) is 9.90. The van der Waals surface area contributed by atoms with Crippen molar-refractivity contribution in [2.24, 2.45) is 0 Å². The van der Waals surface area contributed by atoms with Crippen molar-refractivity contribution in [3.63, 3.8) is 0 Å². The monoisotopic (exact) mass is 480 g/mol. The van der Waals surface area contributed by atoms with Gasteiger partial charge in [-0.1, -0.05) is 104 Å². The lowest BCUT2D eigenvalue weighted by Gasteiger charge is -2.18. The molecule has 4 heteroatoms. The lowest BCUT2D eigenvalue weighted by Crippen LogP contribution is -2.11. The number of hydrogen-bond acceptors (Lipinski definition) is 2. The largest absolute Gasteiger partial charge is 0.487 e. The van der Waals surface area contributed by atoms with Gasteiger partial charge in [0, 0.05) is 5.56 Å². The summed E-state index contributed by atoms with van der Waals surface area (Å²) in [6.45, 7) is 5.45. The maximum atomic E-state index is 13.0. The van der Waals surface area contributed by atoms with Crippen LogP contribution in [0.5, 0.6) is 5.75 Å². The topological polar surface area (TPSA) is 26.3 Å². The van der Waals surface area contributed by atoms with Gasteiger partial charge in [-0.15, -0.1) is 0 Å². The Morgan fingerprint density at radius 1 is 0.706 bits per heavy atom. The Kier molecular flexibility index (Phi) is 17.8. The zero-order valence-corrected chi connectivity index (χ0v) is 22.2. The van der Waals surface area contributed by atoms with Crippen LogP contribution in [0.25, 0.3) is 0 Å². The van der Waals surface area contributed by atoms with Gasteiger partial charge in [0.25, 0.3) is 6.43 Å². The van der Waals surface area contributed by atoms with E-state index >= 15 is 0 Å². The fraction of sp³-hybridized carbons (Fsp3) is 0.767. The summed E-state index contributed by atoms with van der Waals surface area (Å²) in [5.41, 5.74) is 2.52. The van der Waals surface area contributed by atoms with E-state index < -0.39 is 13.0 Å². The molecule has 0 radical (unpaired) electrons. The van der Waals surface area contributed by atoms with Crippen LogP contribution in [0.3, 0.4) is 0 Å². The van der Waals surface area contributed by atoms with E-state index in [9.17, 15) is 13.6 Å². The molecule has 0 N–H and O–H groups in total. The Bertz CT molecular complexity index is 616. The minimum Gasteiger partial charge on any atom is -0.487 e. The Hall–Kier alpha value is -1.45. The molecule has 0 aromatic heterocycles. The van der Waals surface area contributed by atoms with Crippen molar-refractivity contribution in [2.75, 3.05) is 6.61 Å². The van der Waals surface area contributed by atoms with Crippen LogP contribution in [-0.2, 0) is 12.8 Å². The second-order valence-electron chi connectivity index (χ2n) is 9.83. The fourth-order valence-electron chi connectivity index (χ4n) is 4.56. The third-order valence-electron chi connectivity index (χ3n) is 6.60. The molecule has 0 amide bonds. The highest BCUT2D eigenvalue weighted by Gasteiger charge is 2.16. The quantitative estimate of drug-likeness (QED) is 0.122. The molecular weight excluding hydrogens is 430 g/mol. The van der Waals surface area contributed by atoms with Crippen molar-refractivity contribution in [1.82, 2.24) is 0 Å². The molecule has 1 rings (SSSR count). The fourth-order valence-corrected chi connectivity index (χ4v) is 4.56. The number of halogens is 2. The molecule has 0 aliphatic rings. The molecule has 2 nitrogen and oxygen atoms in total. The Balaban J connectivity index is 2.73. The second-order valence-corrected chi connectivity index (χ2v) is 9.83. The van der Waals surface area contributed by atoms with Gasteiger partial charge in [0.2, 0.25) is 0 Å². The van der Waals surface area contributed by atoms with Crippen LogP contribution in [-0.4, -0.2) is 18.8 Å². The van der Waals surface area contributed by atoms with Crippen molar-refractivity contribution >= 4 is 5.78 Å². The zero-order chi connectivity index (χ0) is 25.0. The first kappa shape index (κ1) is 30.6. The average molecular weight is 481 g/mol. The van der Waals surface area contributed by atoms with Crippen LogP contribution in [0.15, 0.2) is 12.1 Å². The van der Waals surface area contributed by atoms with E-state index in [2.05, 4.69) is 13.8 Å². The van der Waals surface area contributed by atoms with Crippen LogP contribution in [0.2, 0.25) is 0 Å². The van der Waals surface area contributed by atoms with Crippen molar-refractivity contribution in [3.8, 4) is 5.75 Å². The van der Waals surface area contributed by atoms with Crippen LogP contribution in [0.1, 0.15) is 145 Å². The molecular formula is C30H50F2O2. The number of ketones is 1. The summed E-state index contributed by atoms with van der Waals surface area (Å²) < 4.78 is 31.6. The second kappa shape index (κ2) is 19.8. The number of aryl methyl sites for hydroxylation is 2. The van der Waals surface area contributed by atoms with Gasteiger partial charge >= 0.3 is 0 Å². The maximum absolute atomic E-state index is 13.0. The molecule has 0 fully saturated rings. The summed E-state index contributed by atoms with van der Waals surface area (Å²) in [6, 6.07) is 3.75. The highest BCUT2D eigenvalue weighted by Crippen LogP contribution is 2.30. The number of carbonyl (C=O) groups excluding carboxylic acids is 1. The molecule has 34 heavy (non-hydrogen) atoms.